The van der Waals surface area contributed by atoms with Gasteiger partial charge in [0.05, 0.1) is 4.47 Å². The number of pyridine rings is 1. The summed E-state index contributed by atoms with van der Waals surface area (Å²) in [6, 6.07) is 3.67. The van der Waals surface area contributed by atoms with Crippen molar-refractivity contribution in [3.63, 3.8) is 0 Å². The first-order valence-electron chi connectivity index (χ1n) is 2.87. The van der Waals surface area contributed by atoms with Gasteiger partial charge in [0.25, 0.3) is 0 Å². The van der Waals surface area contributed by atoms with Crippen LogP contribution in [0.3, 0.4) is 0 Å². The van der Waals surface area contributed by atoms with Crippen LogP contribution in [0.5, 0.6) is 0 Å². The molecule has 0 aliphatic carbocycles. The van der Waals surface area contributed by atoms with Crippen LogP contribution in [0, 0.1) is 0 Å². The number of halogens is 1. The summed E-state index contributed by atoms with van der Waals surface area (Å²) in [5.41, 5.74) is 5.25. The van der Waals surface area contributed by atoms with Gasteiger partial charge in [-0.05, 0) is 40.3 Å². The van der Waals surface area contributed by atoms with E-state index in [0.717, 1.165) is 4.47 Å². The molecule has 0 atom stereocenters. The van der Waals surface area contributed by atoms with Crippen LogP contribution in [-0.4, -0.2) is 10.1 Å². The smallest absolute Gasteiger partial charge is 0.169 e. The lowest BCUT2D eigenvalue weighted by molar-refractivity contribution is 1.30. The number of nitrogens with two attached hydrogens (primary N) is 1. The quantitative estimate of drug-likeness (QED) is 0.720. The van der Waals surface area contributed by atoms with Gasteiger partial charge in [-0.2, -0.15) is 0 Å². The summed E-state index contributed by atoms with van der Waals surface area (Å²) in [5, 5.41) is 2.94. The fourth-order valence-electron chi connectivity index (χ4n) is 0.594. The van der Waals surface area contributed by atoms with Crippen molar-refractivity contribution in [1.82, 2.24) is 4.98 Å². The molecule has 3 N–H and O–H groups in total. The summed E-state index contributed by atoms with van der Waals surface area (Å²) in [4.78, 5) is 3.99. The molecule has 0 amide bonds. The Labute approximate surface area is 78.1 Å². The van der Waals surface area contributed by atoms with Crippen molar-refractivity contribution in [3.8, 4) is 0 Å². The predicted octanol–water partition coefficient (Wildman–Crippen LogP) is 1.50. The molecule has 1 aromatic heterocycles. The molecule has 1 rings (SSSR count). The van der Waals surface area contributed by atoms with Gasteiger partial charge in [-0.1, -0.05) is 0 Å². The van der Waals surface area contributed by atoms with Crippen LogP contribution in [0.1, 0.15) is 0 Å². The van der Waals surface area contributed by atoms with E-state index in [9.17, 15) is 0 Å². The van der Waals surface area contributed by atoms with E-state index in [4.69, 9.17) is 5.73 Å². The number of anilines is 1. The molecule has 0 aromatic carbocycles. The van der Waals surface area contributed by atoms with Crippen molar-refractivity contribution >= 4 is 39.1 Å². The number of aromatic nitrogens is 1. The molecular weight excluding hydrogens is 226 g/mol. The molecule has 0 aliphatic rings. The van der Waals surface area contributed by atoms with Crippen molar-refractivity contribution < 1.29 is 0 Å². The maximum Gasteiger partial charge on any atom is 0.169 e. The molecule has 3 nitrogen and oxygen atoms in total. The molecule has 1 aromatic rings. The minimum atomic E-state index is 0.212. The minimum Gasteiger partial charge on any atom is -0.376 e. The topological polar surface area (TPSA) is 50.9 Å². The zero-order valence-electron chi connectivity index (χ0n) is 5.54. The van der Waals surface area contributed by atoms with Crippen molar-refractivity contribution in [3.05, 3.63) is 22.8 Å². The molecule has 0 saturated heterocycles. The van der Waals surface area contributed by atoms with Crippen LogP contribution >= 0.6 is 28.1 Å². The summed E-state index contributed by atoms with van der Waals surface area (Å²) in [6.45, 7) is 0. The van der Waals surface area contributed by atoms with E-state index in [-0.39, 0.29) is 5.11 Å². The van der Waals surface area contributed by atoms with Crippen molar-refractivity contribution in [2.75, 3.05) is 5.32 Å². The number of hydrogen-bond donors (Lipinski definition) is 2. The van der Waals surface area contributed by atoms with E-state index < -0.39 is 0 Å². The third-order valence-electron chi connectivity index (χ3n) is 1.00. The zero-order valence-corrected chi connectivity index (χ0v) is 7.95. The molecule has 5 heteroatoms. The highest BCUT2D eigenvalue weighted by Crippen LogP contribution is 2.17. The molecule has 0 spiro atoms. The molecule has 0 saturated carbocycles. The maximum absolute atomic E-state index is 5.25. The van der Waals surface area contributed by atoms with Gasteiger partial charge in [0.2, 0.25) is 0 Å². The Hall–Kier alpha value is -0.680. The van der Waals surface area contributed by atoms with Gasteiger partial charge in [0.1, 0.15) is 5.82 Å². The summed E-state index contributed by atoms with van der Waals surface area (Å²) >= 11 is 7.93. The van der Waals surface area contributed by atoms with Crippen LogP contribution in [0.25, 0.3) is 0 Å². The lowest BCUT2D eigenvalue weighted by Crippen LogP contribution is -2.19. The van der Waals surface area contributed by atoms with Crippen LogP contribution in [0.15, 0.2) is 22.8 Å². The Balaban J connectivity index is 2.86. The van der Waals surface area contributed by atoms with Gasteiger partial charge in [0.15, 0.2) is 5.11 Å². The first-order chi connectivity index (χ1) is 5.20. The molecule has 58 valence electrons. The summed E-state index contributed by atoms with van der Waals surface area (Å²) in [6.07, 6.45) is 1.66. The predicted molar refractivity (Wildman–Crippen MR) is 52.3 cm³/mol. The van der Waals surface area contributed by atoms with Gasteiger partial charge in [-0.3, -0.25) is 0 Å². The largest absolute Gasteiger partial charge is 0.376 e. The first-order valence-corrected chi connectivity index (χ1v) is 4.07. The van der Waals surface area contributed by atoms with E-state index in [0.29, 0.717) is 5.82 Å². The van der Waals surface area contributed by atoms with Gasteiger partial charge in [-0.25, -0.2) is 4.98 Å². The van der Waals surface area contributed by atoms with E-state index >= 15 is 0 Å². The number of nitrogens with zero attached hydrogens (tertiary/aromatic N) is 1. The van der Waals surface area contributed by atoms with Gasteiger partial charge in [0, 0.05) is 6.20 Å². The average Bonchev–Trinajstić information content (AvgIpc) is 1.93. The second kappa shape index (κ2) is 3.64. The molecule has 0 radical (unpaired) electrons. The van der Waals surface area contributed by atoms with E-state index in [1.165, 1.54) is 0 Å². The third-order valence-corrected chi connectivity index (χ3v) is 1.74. The molecule has 11 heavy (non-hydrogen) atoms. The highest BCUT2D eigenvalue weighted by Gasteiger charge is 1.98. The highest BCUT2D eigenvalue weighted by atomic mass is 79.9. The zero-order chi connectivity index (χ0) is 8.27. The fraction of sp³-hybridized carbons (Fsp3) is 0. The average molecular weight is 232 g/mol. The number of nitrogens with one attached hydrogen (secondary N) is 1. The molecular formula is C6H6BrN3S. The maximum atomic E-state index is 5.25. The van der Waals surface area contributed by atoms with Gasteiger partial charge < -0.3 is 11.1 Å². The Morgan fingerprint density at radius 2 is 2.45 bits per heavy atom. The highest BCUT2D eigenvalue weighted by molar-refractivity contribution is 9.10. The lowest BCUT2D eigenvalue weighted by Gasteiger charge is -2.02. The SMILES string of the molecule is NC(=S)Nc1ncccc1Br. The van der Waals surface area contributed by atoms with Crippen LogP contribution in [-0.2, 0) is 0 Å². The summed E-state index contributed by atoms with van der Waals surface area (Å²) < 4.78 is 0.841. The molecule has 0 fully saturated rings. The molecule has 1 heterocycles. The van der Waals surface area contributed by atoms with E-state index in [2.05, 4.69) is 38.4 Å². The number of thiocarbonyl (C=S) groups is 1. The standard InChI is InChI=1S/C6H6BrN3S/c7-4-2-1-3-9-5(4)10-6(8)11/h1-3H,(H3,8,9,10,11). The third kappa shape index (κ3) is 2.44. The normalized spacial score (nSPS) is 9.18. The molecule has 0 bridgehead atoms. The van der Waals surface area contributed by atoms with Crippen LogP contribution in [0.2, 0.25) is 0 Å². The van der Waals surface area contributed by atoms with Gasteiger partial charge >= 0.3 is 0 Å². The Kier molecular flexibility index (Phi) is 2.78. The monoisotopic (exact) mass is 231 g/mol. The first kappa shape index (κ1) is 8.42. The van der Waals surface area contributed by atoms with Crippen LogP contribution in [0.4, 0.5) is 5.82 Å². The summed E-state index contributed by atoms with van der Waals surface area (Å²) in [7, 11) is 0. The number of hydrogen-bond acceptors (Lipinski definition) is 2. The van der Waals surface area contributed by atoms with Crippen molar-refractivity contribution in [1.29, 1.82) is 0 Å². The second-order valence-electron chi connectivity index (χ2n) is 1.82. The minimum absolute atomic E-state index is 0.212. The van der Waals surface area contributed by atoms with E-state index in [1.54, 1.807) is 6.20 Å². The van der Waals surface area contributed by atoms with Gasteiger partial charge in [-0.15, -0.1) is 0 Å². The second-order valence-corrected chi connectivity index (χ2v) is 3.12. The summed E-state index contributed by atoms with van der Waals surface area (Å²) in [5.74, 6) is 0.639. The van der Waals surface area contributed by atoms with Crippen LogP contribution < -0.4 is 11.1 Å². The molecule has 0 unspecified atom stereocenters. The van der Waals surface area contributed by atoms with Crippen molar-refractivity contribution in [2.24, 2.45) is 5.73 Å². The Morgan fingerprint density at radius 3 is 3.00 bits per heavy atom. The molecule has 0 aliphatic heterocycles. The Morgan fingerprint density at radius 1 is 1.73 bits per heavy atom. The number of rotatable bonds is 1. The van der Waals surface area contributed by atoms with E-state index in [1.807, 2.05) is 12.1 Å². The van der Waals surface area contributed by atoms with Crippen molar-refractivity contribution in [2.45, 2.75) is 0 Å². The fourth-order valence-corrected chi connectivity index (χ4v) is 1.05. The Bertz CT molecular complexity index is 276. The lowest BCUT2D eigenvalue weighted by atomic mass is 10.5.